The molecule has 144 valence electrons. The largest absolute Gasteiger partial charge is 0.416 e. The Kier molecular flexibility index (Phi) is 5.79. The van der Waals surface area contributed by atoms with Crippen molar-refractivity contribution in [2.45, 2.75) is 25.4 Å². The van der Waals surface area contributed by atoms with Crippen molar-refractivity contribution in [3.63, 3.8) is 0 Å². The van der Waals surface area contributed by atoms with Crippen molar-refractivity contribution >= 4 is 23.2 Å². The first-order valence-corrected chi connectivity index (χ1v) is 8.19. The number of non-ortho nitro benzene ring substituents is 1. The maximum atomic E-state index is 12.9. The summed E-state index contributed by atoms with van der Waals surface area (Å²) in [6, 6.07) is 8.34. The summed E-state index contributed by atoms with van der Waals surface area (Å²) in [5.74, 6) is -0.574. The molecule has 0 aromatic heterocycles. The molecule has 2 aromatic carbocycles. The lowest BCUT2D eigenvalue weighted by Gasteiger charge is -2.26. The lowest BCUT2D eigenvalue weighted by atomic mass is 9.83. The summed E-state index contributed by atoms with van der Waals surface area (Å²) < 4.78 is 38.7. The maximum Gasteiger partial charge on any atom is 0.416 e. The molecule has 0 spiro atoms. The molecule has 0 atom stereocenters. The highest BCUT2D eigenvalue weighted by Crippen LogP contribution is 2.32. The molecule has 2 rings (SSSR count). The third kappa shape index (κ3) is 4.97. The van der Waals surface area contributed by atoms with Crippen LogP contribution in [0.4, 0.5) is 18.9 Å². The monoisotopic (exact) mass is 400 g/mol. The molecule has 1 N–H and O–H groups in total. The number of carbonyl (C=O) groups excluding carboxylic acids is 1. The molecule has 0 bridgehead atoms. The van der Waals surface area contributed by atoms with Crippen LogP contribution >= 0.6 is 11.6 Å². The van der Waals surface area contributed by atoms with Crippen LogP contribution in [0.1, 0.15) is 35.3 Å². The van der Waals surface area contributed by atoms with E-state index in [1.54, 1.807) is 19.9 Å². The van der Waals surface area contributed by atoms with Gasteiger partial charge in [0.2, 0.25) is 0 Å². The molecule has 0 aliphatic heterocycles. The summed E-state index contributed by atoms with van der Waals surface area (Å²) in [6.07, 6.45) is -4.46. The molecule has 0 saturated carbocycles. The van der Waals surface area contributed by atoms with Crippen LogP contribution in [-0.2, 0) is 11.6 Å². The van der Waals surface area contributed by atoms with Crippen LogP contribution in [0.2, 0.25) is 5.02 Å². The number of nitro benzene ring substituents is 1. The van der Waals surface area contributed by atoms with Gasteiger partial charge >= 0.3 is 6.18 Å². The SMILES string of the molecule is CC(C)(CNC(=O)c1ccc([N+](=O)[O-])cc1Cl)c1cccc(C(F)(F)F)c1. The van der Waals surface area contributed by atoms with Crippen LogP contribution in [0, 0.1) is 10.1 Å². The van der Waals surface area contributed by atoms with Crippen molar-refractivity contribution < 1.29 is 22.9 Å². The molecule has 9 heteroatoms. The number of hydrogen-bond donors (Lipinski definition) is 1. The molecule has 0 fully saturated rings. The molecule has 0 unspecified atom stereocenters. The van der Waals surface area contributed by atoms with Crippen molar-refractivity contribution in [2.24, 2.45) is 0 Å². The van der Waals surface area contributed by atoms with Gasteiger partial charge in [-0.3, -0.25) is 14.9 Å². The van der Waals surface area contributed by atoms with E-state index < -0.39 is 28.0 Å². The summed E-state index contributed by atoms with van der Waals surface area (Å²) in [5, 5.41) is 13.2. The molecule has 1 amide bonds. The van der Waals surface area contributed by atoms with Crippen LogP contribution in [0.25, 0.3) is 0 Å². The van der Waals surface area contributed by atoms with Crippen molar-refractivity contribution in [1.29, 1.82) is 0 Å². The molecule has 5 nitrogen and oxygen atoms in total. The van der Waals surface area contributed by atoms with Crippen molar-refractivity contribution in [2.75, 3.05) is 6.54 Å². The van der Waals surface area contributed by atoms with Gasteiger partial charge in [0.1, 0.15) is 0 Å². The van der Waals surface area contributed by atoms with Gasteiger partial charge in [-0.25, -0.2) is 0 Å². The lowest BCUT2D eigenvalue weighted by Crippen LogP contribution is -2.37. The first kappa shape index (κ1) is 20.7. The number of hydrogen-bond acceptors (Lipinski definition) is 3. The molecular weight excluding hydrogens is 385 g/mol. The second-order valence-corrected chi connectivity index (χ2v) is 6.97. The van der Waals surface area contributed by atoms with E-state index in [4.69, 9.17) is 11.6 Å². The number of nitrogens with one attached hydrogen (secondary N) is 1. The Morgan fingerprint density at radius 2 is 1.78 bits per heavy atom. The second-order valence-electron chi connectivity index (χ2n) is 6.57. The smallest absolute Gasteiger partial charge is 0.351 e. The van der Waals surface area contributed by atoms with Gasteiger partial charge in [-0.2, -0.15) is 13.2 Å². The number of carbonyl (C=O) groups is 1. The molecule has 2 aromatic rings. The van der Waals surface area contributed by atoms with Crippen molar-refractivity contribution in [3.8, 4) is 0 Å². The molecule has 0 heterocycles. The van der Waals surface area contributed by atoms with E-state index in [-0.39, 0.29) is 22.8 Å². The number of nitro groups is 1. The Balaban J connectivity index is 2.15. The van der Waals surface area contributed by atoms with E-state index in [1.807, 2.05) is 0 Å². The minimum absolute atomic E-state index is 0.0421. The van der Waals surface area contributed by atoms with Crippen LogP contribution in [0.3, 0.4) is 0 Å². The minimum atomic E-state index is -4.46. The highest BCUT2D eigenvalue weighted by atomic mass is 35.5. The third-order valence-electron chi connectivity index (χ3n) is 4.07. The summed E-state index contributed by atoms with van der Waals surface area (Å²) in [6.45, 7) is 3.43. The van der Waals surface area contributed by atoms with E-state index >= 15 is 0 Å². The normalized spacial score (nSPS) is 11.9. The zero-order valence-corrected chi connectivity index (χ0v) is 15.2. The average molecular weight is 401 g/mol. The van der Waals surface area contributed by atoms with E-state index in [0.717, 1.165) is 24.3 Å². The molecule has 0 saturated heterocycles. The fourth-order valence-corrected chi connectivity index (χ4v) is 2.68. The second kappa shape index (κ2) is 7.56. The Bertz CT molecular complexity index is 882. The standard InChI is InChI=1S/C18H16ClF3N2O3/c1-17(2,11-4-3-5-12(8-11)18(20,21)22)10-23-16(25)14-7-6-13(24(26)27)9-15(14)19/h3-9H,10H2,1-2H3,(H,23,25). The Morgan fingerprint density at radius 1 is 1.15 bits per heavy atom. The van der Waals surface area contributed by atoms with Gasteiger partial charge in [-0.1, -0.05) is 43.6 Å². The van der Waals surface area contributed by atoms with E-state index in [1.165, 1.54) is 12.1 Å². The zero-order chi connectivity index (χ0) is 20.4. The average Bonchev–Trinajstić information content (AvgIpc) is 2.59. The topological polar surface area (TPSA) is 72.2 Å². The minimum Gasteiger partial charge on any atom is -0.351 e. The first-order chi connectivity index (χ1) is 12.4. The Labute approximate surface area is 158 Å². The maximum absolute atomic E-state index is 12.9. The third-order valence-corrected chi connectivity index (χ3v) is 4.38. The number of halogens is 4. The number of nitrogens with zero attached hydrogens (tertiary/aromatic N) is 1. The highest BCUT2D eigenvalue weighted by molar-refractivity contribution is 6.34. The predicted molar refractivity (Wildman–Crippen MR) is 94.9 cm³/mol. The highest BCUT2D eigenvalue weighted by Gasteiger charge is 2.32. The Hall–Kier alpha value is -2.61. The quantitative estimate of drug-likeness (QED) is 0.568. The van der Waals surface area contributed by atoms with Gasteiger partial charge < -0.3 is 5.32 Å². The molecule has 0 radical (unpaired) electrons. The summed E-state index contributed by atoms with van der Waals surface area (Å²) in [7, 11) is 0. The summed E-state index contributed by atoms with van der Waals surface area (Å²) in [5.41, 5.74) is -1.35. The summed E-state index contributed by atoms with van der Waals surface area (Å²) in [4.78, 5) is 22.4. The molecule has 27 heavy (non-hydrogen) atoms. The van der Waals surface area contributed by atoms with Gasteiger partial charge in [-0.05, 0) is 17.7 Å². The van der Waals surface area contributed by atoms with Gasteiger partial charge in [0.15, 0.2) is 0 Å². The molecule has 0 aliphatic rings. The van der Waals surface area contributed by atoms with Gasteiger partial charge in [-0.15, -0.1) is 0 Å². The van der Waals surface area contributed by atoms with Crippen molar-refractivity contribution in [1.82, 2.24) is 5.32 Å². The number of benzene rings is 2. The number of amides is 1. The molecule has 0 aliphatic carbocycles. The van der Waals surface area contributed by atoms with E-state index in [0.29, 0.717) is 5.56 Å². The first-order valence-electron chi connectivity index (χ1n) is 7.82. The fraction of sp³-hybridized carbons (Fsp3) is 0.278. The molecular formula is C18H16ClF3N2O3. The number of rotatable bonds is 5. The lowest BCUT2D eigenvalue weighted by molar-refractivity contribution is -0.384. The van der Waals surface area contributed by atoms with Crippen LogP contribution in [-0.4, -0.2) is 17.4 Å². The van der Waals surface area contributed by atoms with Crippen LogP contribution in [0.15, 0.2) is 42.5 Å². The summed E-state index contributed by atoms with van der Waals surface area (Å²) >= 11 is 5.92. The van der Waals surface area contributed by atoms with Crippen molar-refractivity contribution in [3.05, 3.63) is 74.3 Å². The zero-order valence-electron chi connectivity index (χ0n) is 14.4. The van der Waals surface area contributed by atoms with Gasteiger partial charge in [0.25, 0.3) is 11.6 Å². The van der Waals surface area contributed by atoms with E-state index in [9.17, 15) is 28.1 Å². The van der Waals surface area contributed by atoms with E-state index in [2.05, 4.69) is 5.32 Å². The Morgan fingerprint density at radius 3 is 2.33 bits per heavy atom. The van der Waals surface area contributed by atoms with Gasteiger partial charge in [0, 0.05) is 24.1 Å². The fourth-order valence-electron chi connectivity index (χ4n) is 2.42. The predicted octanol–water partition coefficient (Wildman–Crippen LogP) is 4.97. The van der Waals surface area contributed by atoms with Crippen LogP contribution < -0.4 is 5.32 Å². The number of alkyl halides is 3. The van der Waals surface area contributed by atoms with Crippen LogP contribution in [0.5, 0.6) is 0 Å². The van der Waals surface area contributed by atoms with Gasteiger partial charge in [0.05, 0.1) is 21.1 Å².